The largest absolute Gasteiger partial charge is 0.497 e. The first kappa shape index (κ1) is 14.8. The van der Waals surface area contributed by atoms with Crippen molar-refractivity contribution in [2.75, 3.05) is 7.11 Å². The van der Waals surface area contributed by atoms with E-state index in [0.29, 0.717) is 33.6 Å². The van der Waals surface area contributed by atoms with Gasteiger partial charge in [0.1, 0.15) is 23.3 Å². The summed E-state index contributed by atoms with van der Waals surface area (Å²) in [4.78, 5) is 23.5. The van der Waals surface area contributed by atoms with E-state index in [1.54, 1.807) is 49.6 Å². The standard InChI is InChI=1S/C18H14O5/c1-11(19)23-13-5-3-12(4-6-13)16-10-22-17-9-14(21-2)7-8-15(17)18(16)20/h3-10H,1-2H3. The third kappa shape index (κ3) is 2.94. The van der Waals surface area contributed by atoms with Crippen molar-refractivity contribution in [1.29, 1.82) is 0 Å². The molecule has 0 aliphatic carbocycles. The lowest BCUT2D eigenvalue weighted by molar-refractivity contribution is -0.131. The molecule has 0 bridgehead atoms. The first-order valence-corrected chi connectivity index (χ1v) is 6.97. The van der Waals surface area contributed by atoms with E-state index in [0.717, 1.165) is 0 Å². The molecule has 0 unspecified atom stereocenters. The molecule has 1 heterocycles. The molecule has 3 aromatic rings. The van der Waals surface area contributed by atoms with Crippen molar-refractivity contribution in [2.24, 2.45) is 0 Å². The monoisotopic (exact) mass is 310 g/mol. The lowest BCUT2D eigenvalue weighted by atomic mass is 10.1. The highest BCUT2D eigenvalue weighted by Gasteiger charge is 2.10. The molecule has 0 saturated carbocycles. The Hall–Kier alpha value is -3.08. The van der Waals surface area contributed by atoms with E-state index in [1.165, 1.54) is 13.2 Å². The third-order valence-corrected chi connectivity index (χ3v) is 3.41. The van der Waals surface area contributed by atoms with Crippen molar-refractivity contribution >= 4 is 16.9 Å². The Morgan fingerprint density at radius 2 is 1.74 bits per heavy atom. The maximum atomic E-state index is 12.6. The Bertz CT molecular complexity index is 922. The van der Waals surface area contributed by atoms with Gasteiger partial charge < -0.3 is 13.9 Å². The van der Waals surface area contributed by atoms with E-state index in [9.17, 15) is 9.59 Å². The van der Waals surface area contributed by atoms with Gasteiger partial charge in [0.25, 0.3) is 0 Å². The van der Waals surface area contributed by atoms with Gasteiger partial charge in [0.05, 0.1) is 18.1 Å². The van der Waals surface area contributed by atoms with Gasteiger partial charge in [-0.05, 0) is 29.8 Å². The van der Waals surface area contributed by atoms with Gasteiger partial charge in [-0.15, -0.1) is 0 Å². The Labute approximate surface area is 132 Å². The fraction of sp³-hybridized carbons (Fsp3) is 0.111. The Morgan fingerprint density at radius 3 is 2.39 bits per heavy atom. The smallest absolute Gasteiger partial charge is 0.308 e. The number of hydrogen-bond donors (Lipinski definition) is 0. The molecule has 0 fully saturated rings. The highest BCUT2D eigenvalue weighted by molar-refractivity contribution is 5.82. The van der Waals surface area contributed by atoms with E-state index in [1.807, 2.05) is 0 Å². The molecule has 1 aromatic heterocycles. The number of ether oxygens (including phenoxy) is 2. The van der Waals surface area contributed by atoms with Gasteiger partial charge in [0.2, 0.25) is 0 Å². The summed E-state index contributed by atoms with van der Waals surface area (Å²) in [7, 11) is 1.55. The highest BCUT2D eigenvalue weighted by Crippen LogP contribution is 2.24. The van der Waals surface area contributed by atoms with Gasteiger partial charge in [0.15, 0.2) is 5.43 Å². The van der Waals surface area contributed by atoms with Crippen LogP contribution in [0, 0.1) is 0 Å². The van der Waals surface area contributed by atoms with Gasteiger partial charge in [-0.25, -0.2) is 0 Å². The topological polar surface area (TPSA) is 65.7 Å². The summed E-state index contributed by atoms with van der Waals surface area (Å²) in [5.74, 6) is 0.659. The summed E-state index contributed by atoms with van der Waals surface area (Å²) >= 11 is 0. The normalized spacial score (nSPS) is 10.5. The van der Waals surface area contributed by atoms with E-state index in [2.05, 4.69) is 0 Å². The van der Waals surface area contributed by atoms with Crippen LogP contribution in [0.25, 0.3) is 22.1 Å². The van der Waals surface area contributed by atoms with Gasteiger partial charge in [-0.2, -0.15) is 0 Å². The van der Waals surface area contributed by atoms with Gasteiger partial charge >= 0.3 is 5.97 Å². The van der Waals surface area contributed by atoms with Crippen molar-refractivity contribution in [2.45, 2.75) is 6.92 Å². The number of fused-ring (bicyclic) bond motifs is 1. The molecular formula is C18H14O5. The molecule has 5 heteroatoms. The van der Waals surface area contributed by atoms with Crippen LogP contribution in [0.5, 0.6) is 11.5 Å². The molecule has 0 radical (unpaired) electrons. The van der Waals surface area contributed by atoms with Crippen LogP contribution < -0.4 is 14.9 Å². The number of carbonyl (C=O) groups excluding carboxylic acids is 1. The Kier molecular flexibility index (Phi) is 3.85. The molecule has 116 valence electrons. The summed E-state index contributed by atoms with van der Waals surface area (Å²) in [5.41, 5.74) is 1.47. The average Bonchev–Trinajstić information content (AvgIpc) is 2.55. The minimum Gasteiger partial charge on any atom is -0.497 e. The molecule has 0 spiro atoms. The number of hydrogen-bond acceptors (Lipinski definition) is 5. The highest BCUT2D eigenvalue weighted by atomic mass is 16.5. The summed E-state index contributed by atoms with van der Waals surface area (Å²) in [6.45, 7) is 1.33. The van der Waals surface area contributed by atoms with Crippen LogP contribution in [-0.2, 0) is 4.79 Å². The number of methoxy groups -OCH3 is 1. The number of esters is 1. The van der Waals surface area contributed by atoms with Crippen LogP contribution in [0.15, 0.2) is 57.9 Å². The first-order valence-electron chi connectivity index (χ1n) is 6.97. The molecule has 3 rings (SSSR count). The molecule has 0 saturated heterocycles. The molecule has 5 nitrogen and oxygen atoms in total. The second kappa shape index (κ2) is 5.96. The van der Waals surface area contributed by atoms with Crippen molar-refractivity contribution in [3.63, 3.8) is 0 Å². The van der Waals surface area contributed by atoms with Gasteiger partial charge in [-0.3, -0.25) is 9.59 Å². The first-order chi connectivity index (χ1) is 11.1. The van der Waals surface area contributed by atoms with Crippen LogP contribution in [-0.4, -0.2) is 13.1 Å². The number of benzene rings is 2. The maximum Gasteiger partial charge on any atom is 0.308 e. The fourth-order valence-corrected chi connectivity index (χ4v) is 2.30. The second-order valence-corrected chi connectivity index (χ2v) is 4.96. The summed E-state index contributed by atoms with van der Waals surface area (Å²) in [5, 5.41) is 0.479. The molecular weight excluding hydrogens is 296 g/mol. The molecule has 0 amide bonds. The van der Waals surface area contributed by atoms with E-state index < -0.39 is 5.97 Å². The van der Waals surface area contributed by atoms with Crippen molar-refractivity contribution in [3.05, 3.63) is 59.0 Å². The van der Waals surface area contributed by atoms with Crippen LogP contribution in [0.3, 0.4) is 0 Å². The van der Waals surface area contributed by atoms with E-state index >= 15 is 0 Å². The number of rotatable bonds is 3. The predicted octanol–water partition coefficient (Wildman–Crippen LogP) is 3.39. The van der Waals surface area contributed by atoms with Gasteiger partial charge in [0, 0.05) is 13.0 Å². The maximum absolute atomic E-state index is 12.6. The Morgan fingerprint density at radius 1 is 1.04 bits per heavy atom. The Balaban J connectivity index is 2.04. The second-order valence-electron chi connectivity index (χ2n) is 4.96. The van der Waals surface area contributed by atoms with E-state index in [4.69, 9.17) is 13.9 Å². The quantitative estimate of drug-likeness (QED) is 0.548. The summed E-state index contributed by atoms with van der Waals surface area (Å²) in [6, 6.07) is 11.7. The van der Waals surface area contributed by atoms with Gasteiger partial charge in [-0.1, -0.05) is 12.1 Å². The summed E-state index contributed by atoms with van der Waals surface area (Å²) in [6.07, 6.45) is 1.42. The minimum absolute atomic E-state index is 0.130. The van der Waals surface area contributed by atoms with E-state index in [-0.39, 0.29) is 5.43 Å². The lowest BCUT2D eigenvalue weighted by Gasteiger charge is -2.06. The summed E-state index contributed by atoms with van der Waals surface area (Å²) < 4.78 is 15.6. The van der Waals surface area contributed by atoms with Crippen molar-refractivity contribution in [3.8, 4) is 22.6 Å². The molecule has 23 heavy (non-hydrogen) atoms. The minimum atomic E-state index is -0.392. The van der Waals surface area contributed by atoms with Crippen LogP contribution in [0.1, 0.15) is 6.92 Å². The zero-order valence-electron chi connectivity index (χ0n) is 12.7. The molecule has 0 aliphatic rings. The zero-order chi connectivity index (χ0) is 16.4. The predicted molar refractivity (Wildman–Crippen MR) is 85.8 cm³/mol. The third-order valence-electron chi connectivity index (χ3n) is 3.41. The van der Waals surface area contributed by atoms with Crippen LogP contribution >= 0.6 is 0 Å². The SMILES string of the molecule is COc1ccc2c(=O)c(-c3ccc(OC(C)=O)cc3)coc2c1. The van der Waals surface area contributed by atoms with Crippen molar-refractivity contribution < 1.29 is 18.7 Å². The number of carbonyl (C=O) groups is 1. The van der Waals surface area contributed by atoms with Crippen LogP contribution in [0.2, 0.25) is 0 Å². The lowest BCUT2D eigenvalue weighted by Crippen LogP contribution is -2.05. The molecule has 0 atom stereocenters. The van der Waals surface area contributed by atoms with Crippen LogP contribution in [0.4, 0.5) is 0 Å². The molecule has 0 N–H and O–H groups in total. The molecule has 2 aromatic carbocycles. The average molecular weight is 310 g/mol. The fourth-order valence-electron chi connectivity index (χ4n) is 2.30. The molecule has 0 aliphatic heterocycles. The zero-order valence-corrected chi connectivity index (χ0v) is 12.7. The van der Waals surface area contributed by atoms with Crippen molar-refractivity contribution in [1.82, 2.24) is 0 Å².